The van der Waals surface area contributed by atoms with E-state index >= 15 is 0 Å². The molecular formula is C23H19N3O3. The maximum Gasteiger partial charge on any atom is 0.267 e. The number of nitrogens with one attached hydrogen (secondary N) is 1. The highest BCUT2D eigenvalue weighted by molar-refractivity contribution is 6.09. The molecule has 0 saturated heterocycles. The van der Waals surface area contributed by atoms with Gasteiger partial charge in [0.15, 0.2) is 11.5 Å². The molecule has 0 aliphatic heterocycles. The molecule has 6 heteroatoms. The summed E-state index contributed by atoms with van der Waals surface area (Å²) in [5, 5.41) is 12.0. The van der Waals surface area contributed by atoms with Gasteiger partial charge >= 0.3 is 0 Å². The normalized spacial score (nSPS) is 10.7. The molecule has 3 aromatic rings. The summed E-state index contributed by atoms with van der Waals surface area (Å²) in [6, 6.07) is 22.1. The molecule has 144 valence electrons. The van der Waals surface area contributed by atoms with Crippen molar-refractivity contribution in [1.82, 2.24) is 4.98 Å². The van der Waals surface area contributed by atoms with Gasteiger partial charge in [0.2, 0.25) is 0 Å². The summed E-state index contributed by atoms with van der Waals surface area (Å²) in [5.74, 6) is 0.928. The van der Waals surface area contributed by atoms with Crippen LogP contribution in [0.3, 0.4) is 0 Å². The second-order valence-corrected chi connectivity index (χ2v) is 6.02. The molecule has 6 nitrogen and oxygen atoms in total. The fourth-order valence-corrected chi connectivity index (χ4v) is 2.56. The van der Waals surface area contributed by atoms with Crippen molar-refractivity contribution in [2.24, 2.45) is 0 Å². The Hall–Kier alpha value is -4.11. The molecule has 1 heterocycles. The lowest BCUT2D eigenvalue weighted by atomic mass is 10.1. The Morgan fingerprint density at radius 3 is 2.59 bits per heavy atom. The maximum atomic E-state index is 12.3. The lowest BCUT2D eigenvalue weighted by Gasteiger charge is -2.11. The first-order chi connectivity index (χ1) is 14.2. The van der Waals surface area contributed by atoms with E-state index in [1.165, 1.54) is 13.2 Å². The van der Waals surface area contributed by atoms with Crippen molar-refractivity contribution >= 4 is 17.8 Å². The molecule has 0 unspecified atom stereocenters. The van der Waals surface area contributed by atoms with Crippen molar-refractivity contribution in [1.29, 1.82) is 5.26 Å². The first-order valence-electron chi connectivity index (χ1n) is 8.88. The summed E-state index contributed by atoms with van der Waals surface area (Å²) in [6.07, 6.45) is 3.05. The van der Waals surface area contributed by atoms with Gasteiger partial charge in [-0.15, -0.1) is 0 Å². The van der Waals surface area contributed by atoms with E-state index in [1.807, 2.05) is 36.4 Å². The van der Waals surface area contributed by atoms with Crippen LogP contribution < -0.4 is 14.8 Å². The van der Waals surface area contributed by atoms with E-state index in [0.29, 0.717) is 29.5 Å². The quantitative estimate of drug-likeness (QED) is 0.486. The average Bonchev–Trinajstić information content (AvgIpc) is 2.77. The molecule has 0 radical (unpaired) electrons. The van der Waals surface area contributed by atoms with Gasteiger partial charge in [-0.2, -0.15) is 5.26 Å². The topological polar surface area (TPSA) is 84.2 Å². The van der Waals surface area contributed by atoms with E-state index in [-0.39, 0.29) is 5.57 Å². The summed E-state index contributed by atoms with van der Waals surface area (Å²) >= 11 is 0. The molecule has 3 rings (SSSR count). The number of hydrogen-bond donors (Lipinski definition) is 1. The van der Waals surface area contributed by atoms with Crippen LogP contribution in [0.2, 0.25) is 0 Å². The molecule has 1 aromatic heterocycles. The highest BCUT2D eigenvalue weighted by atomic mass is 16.5. The van der Waals surface area contributed by atoms with Crippen molar-refractivity contribution in [3.8, 4) is 17.6 Å². The Labute approximate surface area is 169 Å². The average molecular weight is 385 g/mol. The smallest absolute Gasteiger partial charge is 0.267 e. The number of nitriles is 1. The number of benzene rings is 2. The van der Waals surface area contributed by atoms with E-state index in [0.717, 1.165) is 5.56 Å². The second kappa shape index (κ2) is 9.72. The number of carbonyl (C=O) groups is 1. The lowest BCUT2D eigenvalue weighted by Crippen LogP contribution is -2.14. The number of amides is 1. The maximum absolute atomic E-state index is 12.3. The first-order valence-corrected chi connectivity index (χ1v) is 8.88. The highest BCUT2D eigenvalue weighted by Gasteiger charge is 2.11. The fourth-order valence-electron chi connectivity index (χ4n) is 2.56. The standard InChI is InChI=1S/C23H19N3O3/c1-28-21-14-18(10-11-20(21)29-16-17-7-3-2-4-8-17)13-19(15-24)23(27)26-22-9-5-6-12-25-22/h2-14H,16H2,1H3,(H,25,26,27)/b19-13+. The number of hydrogen-bond acceptors (Lipinski definition) is 5. The Morgan fingerprint density at radius 2 is 1.90 bits per heavy atom. The molecule has 0 aliphatic rings. The lowest BCUT2D eigenvalue weighted by molar-refractivity contribution is -0.112. The summed E-state index contributed by atoms with van der Waals surface area (Å²) < 4.78 is 11.2. The Kier molecular flexibility index (Phi) is 6.58. The summed E-state index contributed by atoms with van der Waals surface area (Å²) in [4.78, 5) is 16.4. The van der Waals surface area contributed by atoms with Gasteiger partial charge in [-0.05, 0) is 41.5 Å². The molecular weight excluding hydrogens is 366 g/mol. The zero-order chi connectivity index (χ0) is 20.5. The van der Waals surface area contributed by atoms with Gasteiger partial charge < -0.3 is 14.8 Å². The molecule has 1 amide bonds. The molecule has 0 aliphatic carbocycles. The number of anilines is 1. The molecule has 0 bridgehead atoms. The minimum absolute atomic E-state index is 0.0457. The number of rotatable bonds is 7. The number of nitrogens with zero attached hydrogens (tertiary/aromatic N) is 2. The van der Waals surface area contributed by atoms with Crippen molar-refractivity contribution < 1.29 is 14.3 Å². The number of aromatic nitrogens is 1. The van der Waals surface area contributed by atoms with Crippen molar-refractivity contribution in [3.63, 3.8) is 0 Å². The van der Waals surface area contributed by atoms with Crippen molar-refractivity contribution in [2.45, 2.75) is 6.61 Å². The summed E-state index contributed by atoms with van der Waals surface area (Å²) in [5.41, 5.74) is 1.63. The van der Waals surface area contributed by atoms with Crippen LogP contribution in [0, 0.1) is 11.3 Å². The van der Waals surface area contributed by atoms with Gasteiger partial charge in [0, 0.05) is 6.20 Å². The van der Waals surface area contributed by atoms with Gasteiger partial charge in [0.25, 0.3) is 5.91 Å². The molecule has 0 atom stereocenters. The van der Waals surface area contributed by atoms with E-state index in [9.17, 15) is 10.1 Å². The van der Waals surface area contributed by atoms with Gasteiger partial charge in [-0.3, -0.25) is 4.79 Å². The Morgan fingerprint density at radius 1 is 1.10 bits per heavy atom. The van der Waals surface area contributed by atoms with Crippen molar-refractivity contribution in [3.05, 3.63) is 89.6 Å². The Balaban J connectivity index is 1.75. The summed E-state index contributed by atoms with van der Waals surface area (Å²) in [7, 11) is 1.54. The van der Waals surface area contributed by atoms with Crippen LogP contribution in [0.4, 0.5) is 5.82 Å². The van der Waals surface area contributed by atoms with Crippen LogP contribution in [0.5, 0.6) is 11.5 Å². The molecule has 0 fully saturated rings. The van der Waals surface area contributed by atoms with Crippen LogP contribution in [0.1, 0.15) is 11.1 Å². The van der Waals surface area contributed by atoms with E-state index in [1.54, 1.807) is 42.6 Å². The number of ether oxygens (including phenoxy) is 2. The van der Waals surface area contributed by atoms with Gasteiger partial charge in [-0.25, -0.2) is 4.98 Å². The predicted molar refractivity (Wildman–Crippen MR) is 110 cm³/mol. The van der Waals surface area contributed by atoms with Gasteiger partial charge in [-0.1, -0.05) is 42.5 Å². The minimum Gasteiger partial charge on any atom is -0.493 e. The monoisotopic (exact) mass is 385 g/mol. The van der Waals surface area contributed by atoms with Crippen LogP contribution in [-0.2, 0) is 11.4 Å². The van der Waals surface area contributed by atoms with E-state index in [4.69, 9.17) is 9.47 Å². The van der Waals surface area contributed by atoms with Crippen LogP contribution in [-0.4, -0.2) is 18.0 Å². The molecule has 0 saturated carbocycles. The van der Waals surface area contributed by atoms with E-state index in [2.05, 4.69) is 10.3 Å². The fraction of sp³-hybridized carbons (Fsp3) is 0.0870. The zero-order valence-corrected chi connectivity index (χ0v) is 15.8. The van der Waals surface area contributed by atoms with E-state index < -0.39 is 5.91 Å². The highest BCUT2D eigenvalue weighted by Crippen LogP contribution is 2.29. The number of carbonyl (C=O) groups excluding carboxylic acids is 1. The largest absolute Gasteiger partial charge is 0.493 e. The minimum atomic E-state index is -0.533. The third kappa shape index (κ3) is 5.44. The zero-order valence-electron chi connectivity index (χ0n) is 15.8. The Bertz CT molecular complexity index is 1040. The van der Waals surface area contributed by atoms with Crippen molar-refractivity contribution in [2.75, 3.05) is 12.4 Å². The molecule has 29 heavy (non-hydrogen) atoms. The predicted octanol–water partition coefficient (Wildman–Crippen LogP) is 4.21. The van der Waals surface area contributed by atoms with Crippen LogP contribution in [0.15, 0.2) is 78.5 Å². The first kappa shape index (κ1) is 19.6. The number of pyridine rings is 1. The molecule has 1 N–H and O–H groups in total. The number of methoxy groups -OCH3 is 1. The third-order valence-corrected chi connectivity index (χ3v) is 4.01. The van der Waals surface area contributed by atoms with Gasteiger partial charge in [0.05, 0.1) is 7.11 Å². The molecule has 2 aromatic carbocycles. The third-order valence-electron chi connectivity index (χ3n) is 4.01. The summed E-state index contributed by atoms with van der Waals surface area (Å²) in [6.45, 7) is 0.405. The van der Waals surface area contributed by atoms with Crippen LogP contribution in [0.25, 0.3) is 6.08 Å². The SMILES string of the molecule is COc1cc(/C=C(\C#N)C(=O)Nc2ccccn2)ccc1OCc1ccccc1. The van der Waals surface area contributed by atoms with Gasteiger partial charge in [0.1, 0.15) is 24.1 Å². The molecule has 0 spiro atoms. The van der Waals surface area contributed by atoms with Crippen LogP contribution >= 0.6 is 0 Å². The second-order valence-electron chi connectivity index (χ2n) is 6.02.